The Labute approximate surface area is 193 Å². The number of halogens is 3. The van der Waals surface area contributed by atoms with Crippen molar-refractivity contribution in [2.45, 2.75) is 32.4 Å². The van der Waals surface area contributed by atoms with Gasteiger partial charge < -0.3 is 15.2 Å². The quantitative estimate of drug-likeness (QED) is 0.560. The van der Waals surface area contributed by atoms with Gasteiger partial charge in [0.25, 0.3) is 11.5 Å². The molecule has 0 radical (unpaired) electrons. The molecule has 3 aromatic rings. The number of hydrogen-bond donors (Lipinski definition) is 2. The maximum Gasteiger partial charge on any atom is 0.270 e. The maximum absolute atomic E-state index is 15.0. The van der Waals surface area contributed by atoms with Crippen LogP contribution in [0, 0.1) is 24.5 Å². The number of piperazine rings is 1. The van der Waals surface area contributed by atoms with Gasteiger partial charge in [0, 0.05) is 55.3 Å². The predicted octanol–water partition coefficient (Wildman–Crippen LogP) is 2.86. The first kappa shape index (κ1) is 22.4. The van der Waals surface area contributed by atoms with Gasteiger partial charge in [0.15, 0.2) is 5.82 Å². The molecule has 0 spiro atoms. The molecule has 3 heterocycles. The van der Waals surface area contributed by atoms with Crippen LogP contribution in [0.4, 0.5) is 18.9 Å². The standard InChI is InChI=1S/C24H24F3N5O2/c1-13-10-16-17(25)11-14(20(26)21(16)30-23(13)33)12-31-6-8-32(9-7-31)19-5-4-18(29-22(19)27)24(34)28-15-2-3-15/h4-5,10-11,15H,2-3,6-9,12H2,1H3,(H,28,34)(H,30,33). The van der Waals surface area contributed by atoms with E-state index in [9.17, 15) is 18.4 Å². The average Bonchev–Trinajstić information content (AvgIpc) is 3.63. The number of nitrogens with one attached hydrogen (secondary N) is 2. The number of amides is 1. The van der Waals surface area contributed by atoms with Gasteiger partial charge in [-0.2, -0.15) is 4.39 Å². The smallest absolute Gasteiger partial charge is 0.270 e. The largest absolute Gasteiger partial charge is 0.365 e. The second kappa shape index (κ2) is 8.75. The van der Waals surface area contributed by atoms with Gasteiger partial charge in [-0.3, -0.25) is 14.5 Å². The van der Waals surface area contributed by atoms with Gasteiger partial charge in [0.1, 0.15) is 11.5 Å². The lowest BCUT2D eigenvalue weighted by Gasteiger charge is -2.36. The minimum absolute atomic E-state index is 0.0420. The van der Waals surface area contributed by atoms with Gasteiger partial charge in [-0.15, -0.1) is 0 Å². The van der Waals surface area contributed by atoms with Gasteiger partial charge >= 0.3 is 0 Å². The Morgan fingerprint density at radius 2 is 1.88 bits per heavy atom. The van der Waals surface area contributed by atoms with Crippen molar-refractivity contribution in [2.75, 3.05) is 31.1 Å². The number of aromatic nitrogens is 2. The molecule has 10 heteroatoms. The normalized spacial score (nSPS) is 16.8. The summed E-state index contributed by atoms with van der Waals surface area (Å²) in [5.74, 6) is -2.33. The van der Waals surface area contributed by atoms with Crippen molar-refractivity contribution in [2.24, 2.45) is 0 Å². The van der Waals surface area contributed by atoms with Gasteiger partial charge in [-0.1, -0.05) is 0 Å². The number of pyridine rings is 2. The fourth-order valence-corrected chi connectivity index (χ4v) is 4.23. The van der Waals surface area contributed by atoms with E-state index < -0.39 is 23.1 Å². The topological polar surface area (TPSA) is 81.3 Å². The van der Waals surface area contributed by atoms with Gasteiger partial charge in [0.05, 0.1) is 11.2 Å². The van der Waals surface area contributed by atoms with E-state index in [4.69, 9.17) is 0 Å². The first-order valence-electron chi connectivity index (χ1n) is 11.3. The molecule has 7 nitrogen and oxygen atoms in total. The zero-order chi connectivity index (χ0) is 24.0. The lowest BCUT2D eigenvalue weighted by molar-refractivity contribution is 0.0945. The van der Waals surface area contributed by atoms with Crippen LogP contribution in [0.3, 0.4) is 0 Å². The molecule has 1 amide bonds. The summed E-state index contributed by atoms with van der Waals surface area (Å²) in [5.41, 5.74) is 0.226. The summed E-state index contributed by atoms with van der Waals surface area (Å²) >= 11 is 0. The zero-order valence-corrected chi connectivity index (χ0v) is 18.6. The van der Waals surface area contributed by atoms with Gasteiger partial charge in [-0.05, 0) is 44.0 Å². The van der Waals surface area contributed by atoms with Crippen LogP contribution < -0.4 is 15.8 Å². The number of fused-ring (bicyclic) bond motifs is 1. The summed E-state index contributed by atoms with van der Waals surface area (Å²) in [7, 11) is 0. The number of H-pyrrole nitrogens is 1. The lowest BCUT2D eigenvalue weighted by Crippen LogP contribution is -2.46. The molecular formula is C24H24F3N5O2. The van der Waals surface area contributed by atoms with E-state index in [1.54, 1.807) is 6.07 Å². The zero-order valence-electron chi connectivity index (χ0n) is 18.6. The number of hydrogen-bond acceptors (Lipinski definition) is 5. The second-order valence-electron chi connectivity index (χ2n) is 8.92. The highest BCUT2D eigenvalue weighted by Crippen LogP contribution is 2.25. The molecule has 34 heavy (non-hydrogen) atoms. The van der Waals surface area contributed by atoms with Crippen LogP contribution in [0.2, 0.25) is 0 Å². The summed E-state index contributed by atoms with van der Waals surface area (Å²) in [6.45, 7) is 3.60. The van der Waals surface area contributed by atoms with E-state index in [-0.39, 0.29) is 40.7 Å². The Morgan fingerprint density at radius 1 is 1.15 bits per heavy atom. The number of anilines is 1. The van der Waals surface area contributed by atoms with Crippen molar-refractivity contribution in [3.63, 3.8) is 0 Å². The number of carbonyl (C=O) groups is 1. The third kappa shape index (κ3) is 4.37. The molecule has 2 aromatic heterocycles. The third-order valence-corrected chi connectivity index (χ3v) is 6.37. The average molecular weight is 471 g/mol. The molecule has 0 unspecified atom stereocenters. The first-order valence-corrected chi connectivity index (χ1v) is 11.3. The maximum atomic E-state index is 15.0. The van der Waals surface area contributed by atoms with Crippen molar-refractivity contribution in [1.82, 2.24) is 20.2 Å². The van der Waals surface area contributed by atoms with Crippen molar-refractivity contribution in [3.05, 3.63) is 69.0 Å². The highest BCUT2D eigenvalue weighted by Gasteiger charge is 2.26. The molecule has 2 N–H and O–H groups in total. The predicted molar refractivity (Wildman–Crippen MR) is 121 cm³/mol. The van der Waals surface area contributed by atoms with Crippen LogP contribution in [0.5, 0.6) is 0 Å². The van der Waals surface area contributed by atoms with Crippen molar-refractivity contribution < 1.29 is 18.0 Å². The molecule has 1 aliphatic carbocycles. The minimum atomic E-state index is -0.709. The fourth-order valence-electron chi connectivity index (χ4n) is 4.23. The number of aromatic amines is 1. The Kier molecular flexibility index (Phi) is 5.76. The van der Waals surface area contributed by atoms with Crippen molar-refractivity contribution in [1.29, 1.82) is 0 Å². The van der Waals surface area contributed by atoms with Crippen LogP contribution in [-0.4, -0.2) is 53.0 Å². The SMILES string of the molecule is Cc1cc2c(F)cc(CN3CCN(c4ccc(C(=O)NC5CC5)nc4F)CC3)c(F)c2[nH]c1=O. The molecule has 178 valence electrons. The summed E-state index contributed by atoms with van der Waals surface area (Å²) in [5, 5.41) is 2.83. The Hall–Kier alpha value is -3.40. The van der Waals surface area contributed by atoms with Crippen LogP contribution in [0.15, 0.2) is 29.1 Å². The van der Waals surface area contributed by atoms with Crippen molar-refractivity contribution in [3.8, 4) is 0 Å². The number of benzene rings is 1. The van der Waals surface area contributed by atoms with E-state index in [1.807, 2.05) is 9.80 Å². The highest BCUT2D eigenvalue weighted by atomic mass is 19.1. The summed E-state index contributed by atoms with van der Waals surface area (Å²) in [4.78, 5) is 34.0. The highest BCUT2D eigenvalue weighted by molar-refractivity contribution is 5.92. The van der Waals surface area contributed by atoms with Crippen LogP contribution in [-0.2, 0) is 6.54 Å². The van der Waals surface area contributed by atoms with Gasteiger partial charge in [-0.25, -0.2) is 13.8 Å². The second-order valence-corrected chi connectivity index (χ2v) is 8.92. The van der Waals surface area contributed by atoms with Crippen LogP contribution in [0.1, 0.15) is 34.5 Å². The molecule has 0 atom stereocenters. The number of nitrogens with zero attached hydrogens (tertiary/aromatic N) is 3. The Morgan fingerprint density at radius 3 is 2.56 bits per heavy atom. The molecule has 0 bridgehead atoms. The van der Waals surface area contributed by atoms with E-state index >= 15 is 4.39 Å². The number of rotatable bonds is 5. The van der Waals surface area contributed by atoms with E-state index in [0.717, 1.165) is 18.9 Å². The molecule has 1 saturated carbocycles. The lowest BCUT2D eigenvalue weighted by atomic mass is 10.1. The van der Waals surface area contributed by atoms with E-state index in [0.29, 0.717) is 37.4 Å². The summed E-state index contributed by atoms with van der Waals surface area (Å²) in [6.07, 6.45) is 1.87. The molecule has 5 rings (SSSR count). The first-order chi connectivity index (χ1) is 16.3. The summed E-state index contributed by atoms with van der Waals surface area (Å²) in [6, 6.07) is 5.74. The fraction of sp³-hybridized carbons (Fsp3) is 0.375. The molecule has 1 saturated heterocycles. The third-order valence-electron chi connectivity index (χ3n) is 6.37. The monoisotopic (exact) mass is 471 g/mol. The minimum Gasteiger partial charge on any atom is -0.365 e. The van der Waals surface area contributed by atoms with Crippen LogP contribution in [0.25, 0.3) is 10.9 Å². The summed E-state index contributed by atoms with van der Waals surface area (Å²) < 4.78 is 44.3. The molecule has 1 aromatic carbocycles. The van der Waals surface area contributed by atoms with E-state index in [1.165, 1.54) is 19.1 Å². The van der Waals surface area contributed by atoms with Crippen molar-refractivity contribution >= 4 is 22.5 Å². The molecule has 1 aliphatic heterocycles. The number of aryl methyl sites for hydroxylation is 1. The van der Waals surface area contributed by atoms with Crippen LogP contribution >= 0.6 is 0 Å². The Bertz CT molecular complexity index is 1330. The van der Waals surface area contributed by atoms with Gasteiger partial charge in [0.2, 0.25) is 5.95 Å². The Balaban J connectivity index is 1.26. The van der Waals surface area contributed by atoms with E-state index in [2.05, 4.69) is 15.3 Å². The number of carbonyl (C=O) groups excluding carboxylic acids is 1. The molecular weight excluding hydrogens is 447 g/mol. The molecule has 2 aliphatic rings. The molecule has 2 fully saturated rings.